The topological polar surface area (TPSA) is 76.9 Å². The van der Waals surface area contributed by atoms with Gasteiger partial charge in [0.05, 0.1) is 30.7 Å². The highest BCUT2D eigenvalue weighted by Crippen LogP contribution is 2.25. The standard InChI is InChI=1S/C24H33FN4O3/c1-17-15-28(16-18(2)32-17)24(31)20-9-13-27(14-10-20)19(3)23(30)29(12-4-11-26)22-7-5-21(25)6-8-22/h5-8,17-20H,4,9-10,12-16H2,1-3H3. The quantitative estimate of drug-likeness (QED) is 0.674. The SMILES string of the molecule is CC1CN(C(=O)C2CCN(C(C)C(=O)N(CCC#N)c3ccc(F)cc3)CC2)CC(C)O1. The maximum Gasteiger partial charge on any atom is 0.244 e. The van der Waals surface area contributed by atoms with E-state index in [0.29, 0.717) is 44.7 Å². The van der Waals surface area contributed by atoms with Crippen molar-refractivity contribution in [1.82, 2.24) is 9.80 Å². The van der Waals surface area contributed by atoms with E-state index in [9.17, 15) is 14.0 Å². The number of likely N-dealkylation sites (tertiary alicyclic amines) is 1. The van der Waals surface area contributed by atoms with Crippen molar-refractivity contribution in [3.05, 3.63) is 30.1 Å². The summed E-state index contributed by atoms with van der Waals surface area (Å²) in [4.78, 5) is 31.8. The van der Waals surface area contributed by atoms with E-state index in [-0.39, 0.29) is 48.7 Å². The van der Waals surface area contributed by atoms with Gasteiger partial charge in [0.2, 0.25) is 11.8 Å². The monoisotopic (exact) mass is 444 g/mol. The Balaban J connectivity index is 1.60. The maximum atomic E-state index is 13.3. The molecule has 2 aliphatic rings. The van der Waals surface area contributed by atoms with Gasteiger partial charge in [0.1, 0.15) is 5.82 Å². The zero-order valence-electron chi connectivity index (χ0n) is 19.2. The molecular formula is C24H33FN4O3. The van der Waals surface area contributed by atoms with E-state index in [1.54, 1.807) is 17.0 Å². The molecule has 0 bridgehead atoms. The number of ether oxygens (including phenoxy) is 1. The van der Waals surface area contributed by atoms with Crippen LogP contribution in [0.3, 0.4) is 0 Å². The number of halogens is 1. The van der Waals surface area contributed by atoms with Crippen molar-refractivity contribution in [2.45, 2.75) is 58.3 Å². The number of benzene rings is 1. The second-order valence-corrected chi connectivity index (χ2v) is 8.86. The van der Waals surface area contributed by atoms with E-state index in [4.69, 9.17) is 10.00 Å². The van der Waals surface area contributed by atoms with Crippen LogP contribution in [0.2, 0.25) is 0 Å². The number of piperidine rings is 1. The molecule has 174 valence electrons. The highest BCUT2D eigenvalue weighted by atomic mass is 19.1. The molecule has 0 aliphatic carbocycles. The number of amides is 2. The summed E-state index contributed by atoms with van der Waals surface area (Å²) in [5.74, 6) is -0.330. The van der Waals surface area contributed by atoms with E-state index >= 15 is 0 Å². The molecule has 0 spiro atoms. The molecule has 0 radical (unpaired) electrons. The summed E-state index contributed by atoms with van der Waals surface area (Å²) >= 11 is 0. The maximum absolute atomic E-state index is 13.3. The van der Waals surface area contributed by atoms with Gasteiger partial charge in [0, 0.05) is 31.2 Å². The molecule has 2 fully saturated rings. The first kappa shape index (κ1) is 24.1. The van der Waals surface area contributed by atoms with Gasteiger partial charge in [-0.3, -0.25) is 14.5 Å². The number of carbonyl (C=O) groups is 2. The lowest BCUT2D eigenvalue weighted by Gasteiger charge is -2.40. The second kappa shape index (κ2) is 10.9. The van der Waals surface area contributed by atoms with Crippen LogP contribution in [0.1, 0.15) is 40.0 Å². The highest BCUT2D eigenvalue weighted by Gasteiger charge is 2.35. The average molecular weight is 445 g/mol. The minimum atomic E-state index is -0.391. The summed E-state index contributed by atoms with van der Waals surface area (Å²) in [6, 6.07) is 7.44. The molecule has 0 saturated carbocycles. The van der Waals surface area contributed by atoms with Crippen molar-refractivity contribution < 1.29 is 18.7 Å². The predicted octanol–water partition coefficient (Wildman–Crippen LogP) is 2.81. The Morgan fingerprint density at radius 1 is 1.19 bits per heavy atom. The Labute approximate surface area is 189 Å². The van der Waals surface area contributed by atoms with Crippen LogP contribution in [0, 0.1) is 23.1 Å². The van der Waals surface area contributed by atoms with Crippen LogP contribution >= 0.6 is 0 Å². The van der Waals surface area contributed by atoms with Crippen LogP contribution in [0.4, 0.5) is 10.1 Å². The summed E-state index contributed by atoms with van der Waals surface area (Å²) in [6.07, 6.45) is 1.72. The normalized spacial score (nSPS) is 23.4. The molecule has 0 aromatic heterocycles. The minimum Gasteiger partial charge on any atom is -0.372 e. The van der Waals surface area contributed by atoms with Crippen LogP contribution in [0.25, 0.3) is 0 Å². The molecule has 3 unspecified atom stereocenters. The fourth-order valence-corrected chi connectivity index (χ4v) is 4.68. The summed E-state index contributed by atoms with van der Waals surface area (Å²) in [5.41, 5.74) is 0.583. The molecule has 0 N–H and O–H groups in total. The van der Waals surface area contributed by atoms with Crippen molar-refractivity contribution in [3.63, 3.8) is 0 Å². The van der Waals surface area contributed by atoms with Gasteiger partial charge in [0.15, 0.2) is 0 Å². The van der Waals surface area contributed by atoms with Crippen LogP contribution < -0.4 is 4.90 Å². The van der Waals surface area contributed by atoms with Crippen molar-refractivity contribution in [3.8, 4) is 6.07 Å². The molecule has 1 aromatic carbocycles. The molecule has 2 heterocycles. The Kier molecular flexibility index (Phi) is 8.21. The van der Waals surface area contributed by atoms with Crippen LogP contribution in [0.15, 0.2) is 24.3 Å². The summed E-state index contributed by atoms with van der Waals surface area (Å²) in [5, 5.41) is 8.99. The van der Waals surface area contributed by atoms with E-state index < -0.39 is 6.04 Å². The van der Waals surface area contributed by atoms with Gasteiger partial charge >= 0.3 is 0 Å². The second-order valence-electron chi connectivity index (χ2n) is 8.86. The molecule has 3 atom stereocenters. The van der Waals surface area contributed by atoms with Crippen molar-refractivity contribution in [2.24, 2.45) is 5.92 Å². The van der Waals surface area contributed by atoms with E-state index in [1.165, 1.54) is 12.1 Å². The number of rotatable bonds is 6. The summed E-state index contributed by atoms with van der Waals surface area (Å²) in [6.45, 7) is 8.68. The van der Waals surface area contributed by atoms with Gasteiger partial charge < -0.3 is 14.5 Å². The minimum absolute atomic E-state index is 0.0298. The fraction of sp³-hybridized carbons (Fsp3) is 0.625. The number of nitrogens with zero attached hydrogens (tertiary/aromatic N) is 4. The van der Waals surface area contributed by atoms with Crippen LogP contribution in [-0.2, 0) is 14.3 Å². The third-order valence-corrected chi connectivity index (χ3v) is 6.37. The number of carbonyl (C=O) groups excluding carboxylic acids is 2. The molecule has 3 rings (SSSR count). The Morgan fingerprint density at radius 3 is 2.34 bits per heavy atom. The first-order valence-corrected chi connectivity index (χ1v) is 11.4. The molecule has 1 aromatic rings. The van der Waals surface area contributed by atoms with Crippen LogP contribution in [0.5, 0.6) is 0 Å². The number of nitriles is 1. The van der Waals surface area contributed by atoms with Crippen molar-refractivity contribution >= 4 is 17.5 Å². The third-order valence-electron chi connectivity index (χ3n) is 6.37. The highest BCUT2D eigenvalue weighted by molar-refractivity contribution is 5.97. The van der Waals surface area contributed by atoms with Gasteiger partial charge in [0.25, 0.3) is 0 Å². The van der Waals surface area contributed by atoms with E-state index in [1.807, 2.05) is 25.7 Å². The number of morpholine rings is 1. The molecule has 32 heavy (non-hydrogen) atoms. The smallest absolute Gasteiger partial charge is 0.244 e. The van der Waals surface area contributed by atoms with Gasteiger partial charge in [-0.2, -0.15) is 5.26 Å². The fourth-order valence-electron chi connectivity index (χ4n) is 4.68. The van der Waals surface area contributed by atoms with Gasteiger partial charge in [-0.15, -0.1) is 0 Å². The average Bonchev–Trinajstić information content (AvgIpc) is 2.78. The lowest BCUT2D eigenvalue weighted by atomic mass is 9.93. The molecule has 7 nitrogen and oxygen atoms in total. The summed E-state index contributed by atoms with van der Waals surface area (Å²) < 4.78 is 19.1. The molecule has 8 heteroatoms. The van der Waals surface area contributed by atoms with Gasteiger partial charge in [-0.25, -0.2) is 4.39 Å². The van der Waals surface area contributed by atoms with E-state index in [2.05, 4.69) is 11.0 Å². The molecular weight excluding hydrogens is 411 g/mol. The first-order valence-electron chi connectivity index (χ1n) is 11.4. The van der Waals surface area contributed by atoms with Crippen LogP contribution in [-0.4, -0.2) is 72.6 Å². The lowest BCUT2D eigenvalue weighted by Crippen LogP contribution is -2.53. The number of anilines is 1. The van der Waals surface area contributed by atoms with Crippen molar-refractivity contribution in [2.75, 3.05) is 37.6 Å². The van der Waals surface area contributed by atoms with Crippen molar-refractivity contribution in [1.29, 1.82) is 5.26 Å². The molecule has 2 amide bonds. The van der Waals surface area contributed by atoms with E-state index in [0.717, 1.165) is 0 Å². The Morgan fingerprint density at radius 2 is 1.78 bits per heavy atom. The Bertz CT molecular complexity index is 823. The third kappa shape index (κ3) is 5.84. The van der Waals surface area contributed by atoms with Gasteiger partial charge in [-0.05, 0) is 71.0 Å². The molecule has 2 saturated heterocycles. The lowest BCUT2D eigenvalue weighted by molar-refractivity contribution is -0.149. The predicted molar refractivity (Wildman–Crippen MR) is 119 cm³/mol. The first-order chi connectivity index (χ1) is 15.3. The molecule has 2 aliphatic heterocycles. The largest absolute Gasteiger partial charge is 0.372 e. The summed E-state index contributed by atoms with van der Waals surface area (Å²) in [7, 11) is 0. The zero-order valence-corrected chi connectivity index (χ0v) is 19.2. The zero-order chi connectivity index (χ0) is 23.3. The number of hydrogen-bond donors (Lipinski definition) is 0. The number of hydrogen-bond acceptors (Lipinski definition) is 5. The Hall–Kier alpha value is -2.50. The van der Waals surface area contributed by atoms with Gasteiger partial charge in [-0.1, -0.05) is 0 Å².